The standard InChI is InChI=1S/C14H18ClNO2S/c15-12-5-1-2-6-13(12)19-9-7-14(17)16-10-11-4-3-8-18-11/h1-2,5-6,11H,3-4,7-10H2,(H,16,17). The van der Waals surface area contributed by atoms with Crippen LogP contribution in [0, 0.1) is 0 Å². The number of carbonyl (C=O) groups is 1. The summed E-state index contributed by atoms with van der Waals surface area (Å²) in [5.41, 5.74) is 0. The number of thioether (sulfide) groups is 1. The van der Waals surface area contributed by atoms with Gasteiger partial charge in [0, 0.05) is 30.2 Å². The second kappa shape index (κ2) is 7.78. The quantitative estimate of drug-likeness (QED) is 0.820. The zero-order chi connectivity index (χ0) is 13.5. The molecule has 1 N–H and O–H groups in total. The van der Waals surface area contributed by atoms with Gasteiger partial charge in [-0.1, -0.05) is 23.7 Å². The largest absolute Gasteiger partial charge is 0.376 e. The minimum Gasteiger partial charge on any atom is -0.376 e. The molecular weight excluding hydrogens is 282 g/mol. The number of rotatable bonds is 6. The van der Waals surface area contributed by atoms with E-state index in [-0.39, 0.29) is 12.0 Å². The number of hydrogen-bond donors (Lipinski definition) is 1. The first-order chi connectivity index (χ1) is 9.25. The van der Waals surface area contributed by atoms with Crippen molar-refractivity contribution in [3.63, 3.8) is 0 Å². The first-order valence-corrected chi connectivity index (χ1v) is 7.87. The van der Waals surface area contributed by atoms with Crippen molar-refractivity contribution in [1.29, 1.82) is 0 Å². The molecule has 104 valence electrons. The SMILES string of the molecule is O=C(CCSc1ccccc1Cl)NCC1CCCO1. The van der Waals surface area contributed by atoms with E-state index in [0.29, 0.717) is 13.0 Å². The summed E-state index contributed by atoms with van der Waals surface area (Å²) in [6.07, 6.45) is 2.86. The van der Waals surface area contributed by atoms with Crippen LogP contribution in [0.2, 0.25) is 5.02 Å². The average Bonchev–Trinajstić information content (AvgIpc) is 2.92. The molecule has 1 aliphatic rings. The molecule has 1 aliphatic heterocycles. The van der Waals surface area contributed by atoms with Crippen molar-refractivity contribution in [1.82, 2.24) is 5.32 Å². The number of amides is 1. The molecule has 1 saturated heterocycles. The topological polar surface area (TPSA) is 38.3 Å². The van der Waals surface area contributed by atoms with E-state index in [4.69, 9.17) is 16.3 Å². The van der Waals surface area contributed by atoms with E-state index in [1.807, 2.05) is 24.3 Å². The first-order valence-electron chi connectivity index (χ1n) is 6.51. The molecule has 0 spiro atoms. The highest BCUT2D eigenvalue weighted by Gasteiger charge is 2.15. The summed E-state index contributed by atoms with van der Waals surface area (Å²) in [5, 5.41) is 3.66. The number of benzene rings is 1. The Bertz CT molecular complexity index is 422. The maximum absolute atomic E-state index is 11.7. The van der Waals surface area contributed by atoms with Gasteiger partial charge in [0.15, 0.2) is 0 Å². The molecule has 1 atom stereocenters. The molecule has 0 aromatic heterocycles. The van der Waals surface area contributed by atoms with Gasteiger partial charge in [0.2, 0.25) is 5.91 Å². The highest BCUT2D eigenvalue weighted by atomic mass is 35.5. The number of carbonyl (C=O) groups excluding carboxylic acids is 1. The highest BCUT2D eigenvalue weighted by Crippen LogP contribution is 2.26. The summed E-state index contributed by atoms with van der Waals surface area (Å²) in [5.74, 6) is 0.816. The Hall–Kier alpha value is -0.710. The summed E-state index contributed by atoms with van der Waals surface area (Å²) in [4.78, 5) is 12.7. The molecular formula is C14H18ClNO2S. The Labute approximate surface area is 123 Å². The van der Waals surface area contributed by atoms with Crippen LogP contribution >= 0.6 is 23.4 Å². The average molecular weight is 300 g/mol. The van der Waals surface area contributed by atoms with Gasteiger partial charge in [-0.25, -0.2) is 0 Å². The van der Waals surface area contributed by atoms with E-state index in [0.717, 1.165) is 35.1 Å². The van der Waals surface area contributed by atoms with Crippen molar-refractivity contribution < 1.29 is 9.53 Å². The molecule has 0 saturated carbocycles. The summed E-state index contributed by atoms with van der Waals surface area (Å²) < 4.78 is 5.46. The zero-order valence-corrected chi connectivity index (χ0v) is 12.3. The van der Waals surface area contributed by atoms with Crippen LogP contribution in [0.15, 0.2) is 29.2 Å². The monoisotopic (exact) mass is 299 g/mol. The predicted octanol–water partition coefficient (Wildman–Crippen LogP) is 3.12. The van der Waals surface area contributed by atoms with Gasteiger partial charge >= 0.3 is 0 Å². The third kappa shape index (κ3) is 5.05. The smallest absolute Gasteiger partial charge is 0.220 e. The van der Waals surface area contributed by atoms with Crippen molar-refractivity contribution >= 4 is 29.3 Å². The lowest BCUT2D eigenvalue weighted by atomic mass is 10.2. The molecule has 0 radical (unpaired) electrons. The van der Waals surface area contributed by atoms with E-state index < -0.39 is 0 Å². The number of nitrogens with one attached hydrogen (secondary N) is 1. The van der Waals surface area contributed by atoms with Crippen molar-refractivity contribution in [2.45, 2.75) is 30.3 Å². The Kier molecular flexibility index (Phi) is 6.01. The predicted molar refractivity (Wildman–Crippen MR) is 78.8 cm³/mol. The lowest BCUT2D eigenvalue weighted by molar-refractivity contribution is -0.121. The fourth-order valence-corrected chi connectivity index (χ4v) is 3.12. The van der Waals surface area contributed by atoms with Crippen molar-refractivity contribution in [3.8, 4) is 0 Å². The first kappa shape index (κ1) is 14.7. The second-order valence-electron chi connectivity index (χ2n) is 4.47. The van der Waals surface area contributed by atoms with Gasteiger partial charge in [-0.05, 0) is 25.0 Å². The molecule has 3 nitrogen and oxygen atoms in total. The van der Waals surface area contributed by atoms with Crippen LogP contribution in [0.1, 0.15) is 19.3 Å². The molecule has 19 heavy (non-hydrogen) atoms. The molecule has 1 aromatic carbocycles. The normalized spacial score (nSPS) is 18.5. The van der Waals surface area contributed by atoms with Crippen LogP contribution in [-0.2, 0) is 9.53 Å². The van der Waals surface area contributed by atoms with Gasteiger partial charge in [0.1, 0.15) is 0 Å². The molecule has 1 aromatic rings. The molecule has 5 heteroatoms. The van der Waals surface area contributed by atoms with Crippen LogP contribution in [0.4, 0.5) is 0 Å². The molecule has 0 aliphatic carbocycles. The molecule has 0 bridgehead atoms. The zero-order valence-electron chi connectivity index (χ0n) is 10.7. The summed E-state index contributed by atoms with van der Waals surface area (Å²) in [6, 6.07) is 7.69. The Balaban J connectivity index is 1.62. The Morgan fingerprint density at radius 2 is 2.32 bits per heavy atom. The number of ether oxygens (including phenoxy) is 1. The maximum atomic E-state index is 11.7. The lowest BCUT2D eigenvalue weighted by Crippen LogP contribution is -2.31. The van der Waals surface area contributed by atoms with Gasteiger partial charge in [0.25, 0.3) is 0 Å². The summed E-state index contributed by atoms with van der Waals surface area (Å²) >= 11 is 7.66. The number of hydrogen-bond acceptors (Lipinski definition) is 3. The maximum Gasteiger partial charge on any atom is 0.220 e. The van der Waals surface area contributed by atoms with E-state index in [9.17, 15) is 4.79 Å². The van der Waals surface area contributed by atoms with Gasteiger partial charge in [-0.2, -0.15) is 0 Å². The van der Waals surface area contributed by atoms with Crippen molar-refractivity contribution in [3.05, 3.63) is 29.3 Å². The Morgan fingerprint density at radius 1 is 1.47 bits per heavy atom. The third-order valence-corrected chi connectivity index (χ3v) is 4.49. The van der Waals surface area contributed by atoms with Gasteiger partial charge < -0.3 is 10.1 Å². The van der Waals surface area contributed by atoms with Gasteiger partial charge in [0.05, 0.1) is 11.1 Å². The van der Waals surface area contributed by atoms with E-state index in [1.165, 1.54) is 0 Å². The molecule has 1 fully saturated rings. The van der Waals surface area contributed by atoms with Crippen LogP contribution in [0.5, 0.6) is 0 Å². The minimum absolute atomic E-state index is 0.0788. The van der Waals surface area contributed by atoms with Crippen LogP contribution < -0.4 is 5.32 Å². The molecule has 2 rings (SSSR count). The number of halogens is 1. The molecule has 1 unspecified atom stereocenters. The summed E-state index contributed by atoms with van der Waals surface area (Å²) in [7, 11) is 0. The minimum atomic E-state index is 0.0788. The Morgan fingerprint density at radius 3 is 3.05 bits per heavy atom. The second-order valence-corrected chi connectivity index (χ2v) is 6.01. The van der Waals surface area contributed by atoms with Crippen LogP contribution in [-0.4, -0.2) is 30.9 Å². The van der Waals surface area contributed by atoms with E-state index in [2.05, 4.69) is 5.32 Å². The highest BCUT2D eigenvalue weighted by molar-refractivity contribution is 7.99. The van der Waals surface area contributed by atoms with Crippen LogP contribution in [0.25, 0.3) is 0 Å². The van der Waals surface area contributed by atoms with Gasteiger partial charge in [-0.3, -0.25) is 4.79 Å². The van der Waals surface area contributed by atoms with Gasteiger partial charge in [-0.15, -0.1) is 11.8 Å². The fraction of sp³-hybridized carbons (Fsp3) is 0.500. The summed E-state index contributed by atoms with van der Waals surface area (Å²) in [6.45, 7) is 1.46. The molecule has 1 amide bonds. The van der Waals surface area contributed by atoms with E-state index in [1.54, 1.807) is 11.8 Å². The third-order valence-electron chi connectivity index (χ3n) is 2.97. The van der Waals surface area contributed by atoms with Crippen molar-refractivity contribution in [2.75, 3.05) is 18.9 Å². The van der Waals surface area contributed by atoms with Crippen molar-refractivity contribution in [2.24, 2.45) is 0 Å². The van der Waals surface area contributed by atoms with E-state index >= 15 is 0 Å². The molecule has 1 heterocycles. The lowest BCUT2D eigenvalue weighted by Gasteiger charge is -2.10. The fourth-order valence-electron chi connectivity index (χ4n) is 1.94. The van der Waals surface area contributed by atoms with Crippen LogP contribution in [0.3, 0.4) is 0 Å².